The van der Waals surface area contributed by atoms with Crippen LogP contribution in [0.4, 0.5) is 4.39 Å². The Morgan fingerprint density at radius 1 is 0.973 bits per heavy atom. The molecule has 0 N–H and O–H groups in total. The van der Waals surface area contributed by atoms with Crippen molar-refractivity contribution in [3.05, 3.63) is 89.1 Å². The third kappa shape index (κ3) is 7.74. The highest BCUT2D eigenvalue weighted by Gasteiger charge is 2.29. The fourth-order valence-corrected chi connectivity index (χ4v) is 5.18. The molecule has 3 aromatic rings. The van der Waals surface area contributed by atoms with Gasteiger partial charge in [-0.3, -0.25) is 4.79 Å². The van der Waals surface area contributed by atoms with Gasteiger partial charge in [0.05, 0.1) is 24.6 Å². The van der Waals surface area contributed by atoms with E-state index in [1.807, 2.05) is 0 Å². The summed E-state index contributed by atoms with van der Waals surface area (Å²) in [5, 5.41) is 0. The number of hydrogen-bond donors (Lipinski definition) is 0. The molecule has 0 aliphatic heterocycles. The molecule has 0 saturated carbocycles. The molecule has 0 aliphatic rings. The number of halogens is 1. The first kappa shape index (κ1) is 28.6. The molecule has 3 rings (SSSR count). The summed E-state index contributed by atoms with van der Waals surface area (Å²) in [6, 6.07) is 16.1. The number of methoxy groups -OCH3 is 1. The second-order valence-corrected chi connectivity index (χ2v) is 11.9. The Morgan fingerprint density at radius 3 is 2.16 bits per heavy atom. The normalized spacial score (nSPS) is 12.2. The lowest BCUT2D eigenvalue weighted by molar-refractivity contribution is -0.133. The summed E-state index contributed by atoms with van der Waals surface area (Å²) < 4.78 is 52.5. The molecule has 37 heavy (non-hydrogen) atoms. The molecule has 0 radical (unpaired) electrons. The molecule has 0 spiro atoms. The number of nitrogens with zero attached hydrogens (tertiary/aromatic N) is 2. The Hall–Kier alpha value is -3.01. The summed E-state index contributed by atoms with van der Waals surface area (Å²) in [6.07, 6.45) is 0. The van der Waals surface area contributed by atoms with E-state index >= 15 is 0 Å². The summed E-state index contributed by atoms with van der Waals surface area (Å²) in [4.78, 5) is 15.1. The first-order chi connectivity index (χ1) is 17.4. The number of hydrogen-bond acceptors (Lipinski definition) is 5. The molecule has 1 aromatic heterocycles. The lowest BCUT2D eigenvalue weighted by Gasteiger charge is -2.27. The van der Waals surface area contributed by atoms with Gasteiger partial charge < -0.3 is 14.1 Å². The molecule has 7 nitrogen and oxygen atoms in total. The van der Waals surface area contributed by atoms with Crippen molar-refractivity contribution in [2.45, 2.75) is 51.1 Å². The van der Waals surface area contributed by atoms with Crippen molar-refractivity contribution in [2.24, 2.45) is 0 Å². The number of ether oxygens (including phenoxy) is 1. The van der Waals surface area contributed by atoms with Crippen LogP contribution < -0.4 is 0 Å². The van der Waals surface area contributed by atoms with E-state index in [-0.39, 0.29) is 48.9 Å². The number of sulfonamides is 1. The molecular weight excluding hydrogens is 495 g/mol. The molecule has 0 saturated heterocycles. The Kier molecular flexibility index (Phi) is 9.28. The van der Waals surface area contributed by atoms with Crippen LogP contribution in [0.3, 0.4) is 0 Å². The first-order valence-corrected chi connectivity index (χ1v) is 13.5. The van der Waals surface area contributed by atoms with E-state index in [1.165, 1.54) is 24.1 Å². The van der Waals surface area contributed by atoms with Crippen molar-refractivity contribution in [1.29, 1.82) is 0 Å². The summed E-state index contributed by atoms with van der Waals surface area (Å²) in [7, 11) is -2.50. The largest absolute Gasteiger partial charge is 0.464 e. The summed E-state index contributed by atoms with van der Waals surface area (Å²) in [5.41, 5.74) is 1.59. The molecule has 0 fully saturated rings. The number of furan rings is 1. The Bertz CT molecular complexity index is 1280. The highest BCUT2D eigenvalue weighted by atomic mass is 32.2. The van der Waals surface area contributed by atoms with Gasteiger partial charge in [-0.1, -0.05) is 45.0 Å². The zero-order valence-electron chi connectivity index (χ0n) is 22.0. The standard InChI is InChI=1S/C28H35FN2O5S/c1-21-6-13-25(36-21)19-30(18-22-7-11-24(29)12-8-22)27(32)20-31(16-17-35-5)37(33,34)26-14-9-23(10-15-26)28(2,3)4/h6-15H,16-20H2,1-5H3. The van der Waals surface area contributed by atoms with Crippen LogP contribution in [0, 0.1) is 12.7 Å². The van der Waals surface area contributed by atoms with Crippen LogP contribution in [0.1, 0.15) is 43.4 Å². The number of aryl methyl sites for hydroxylation is 1. The average Bonchev–Trinajstić information content (AvgIpc) is 3.26. The predicted molar refractivity (Wildman–Crippen MR) is 140 cm³/mol. The number of carbonyl (C=O) groups is 1. The van der Waals surface area contributed by atoms with Gasteiger partial charge in [-0.25, -0.2) is 12.8 Å². The van der Waals surface area contributed by atoms with Crippen molar-refractivity contribution < 1.29 is 26.8 Å². The third-order valence-electron chi connectivity index (χ3n) is 6.00. The maximum absolute atomic E-state index is 13.6. The van der Waals surface area contributed by atoms with Gasteiger partial charge in [0.15, 0.2) is 0 Å². The van der Waals surface area contributed by atoms with E-state index in [0.29, 0.717) is 17.1 Å². The summed E-state index contributed by atoms with van der Waals surface area (Å²) >= 11 is 0. The average molecular weight is 531 g/mol. The smallest absolute Gasteiger partial charge is 0.243 e. The van der Waals surface area contributed by atoms with Gasteiger partial charge in [0.25, 0.3) is 0 Å². The van der Waals surface area contributed by atoms with Crippen molar-refractivity contribution in [3.63, 3.8) is 0 Å². The summed E-state index contributed by atoms with van der Waals surface area (Å²) in [5.74, 6) is 0.478. The van der Waals surface area contributed by atoms with Crippen molar-refractivity contribution >= 4 is 15.9 Å². The van der Waals surface area contributed by atoms with Crippen LogP contribution in [0.15, 0.2) is 70.0 Å². The van der Waals surface area contributed by atoms with E-state index in [0.717, 1.165) is 9.87 Å². The van der Waals surface area contributed by atoms with Gasteiger partial charge in [-0.15, -0.1) is 0 Å². The van der Waals surface area contributed by atoms with Crippen molar-refractivity contribution in [1.82, 2.24) is 9.21 Å². The monoisotopic (exact) mass is 530 g/mol. The molecule has 0 unspecified atom stereocenters. The maximum atomic E-state index is 13.6. The number of amides is 1. The topological polar surface area (TPSA) is 80.1 Å². The second-order valence-electron chi connectivity index (χ2n) is 9.99. The van der Waals surface area contributed by atoms with Crippen molar-refractivity contribution in [3.8, 4) is 0 Å². The lowest BCUT2D eigenvalue weighted by atomic mass is 9.87. The molecule has 9 heteroatoms. The molecule has 1 amide bonds. The molecular formula is C28H35FN2O5S. The molecule has 0 aliphatic carbocycles. The number of benzene rings is 2. The molecule has 0 atom stereocenters. The van der Waals surface area contributed by atoms with Crippen LogP contribution in [0.25, 0.3) is 0 Å². The highest BCUT2D eigenvalue weighted by Crippen LogP contribution is 2.25. The quantitative estimate of drug-likeness (QED) is 0.353. The van der Waals surface area contributed by atoms with E-state index in [2.05, 4.69) is 20.8 Å². The van der Waals surface area contributed by atoms with Crippen LogP contribution in [0.2, 0.25) is 0 Å². The Balaban J connectivity index is 1.87. The first-order valence-electron chi connectivity index (χ1n) is 12.1. The van der Waals surface area contributed by atoms with Crippen LogP contribution in [-0.4, -0.2) is 50.3 Å². The van der Waals surface area contributed by atoms with E-state index in [4.69, 9.17) is 9.15 Å². The Morgan fingerprint density at radius 2 is 1.62 bits per heavy atom. The summed E-state index contributed by atoms with van der Waals surface area (Å²) in [6.45, 7) is 8.02. The van der Waals surface area contributed by atoms with E-state index < -0.39 is 15.9 Å². The van der Waals surface area contributed by atoms with Gasteiger partial charge in [0, 0.05) is 20.2 Å². The zero-order chi connectivity index (χ0) is 27.2. The third-order valence-corrected chi connectivity index (χ3v) is 7.86. The van der Waals surface area contributed by atoms with Crippen molar-refractivity contribution in [2.75, 3.05) is 26.8 Å². The fraction of sp³-hybridized carbons (Fsp3) is 0.393. The molecule has 0 bridgehead atoms. The minimum Gasteiger partial charge on any atom is -0.464 e. The lowest BCUT2D eigenvalue weighted by Crippen LogP contribution is -2.43. The van der Waals surface area contributed by atoms with Gasteiger partial charge in [-0.05, 0) is 59.9 Å². The number of rotatable bonds is 11. The van der Waals surface area contributed by atoms with Crippen LogP contribution in [-0.2, 0) is 38.1 Å². The van der Waals surface area contributed by atoms with Gasteiger partial charge in [-0.2, -0.15) is 4.31 Å². The number of carbonyl (C=O) groups excluding carboxylic acids is 1. The zero-order valence-corrected chi connectivity index (χ0v) is 22.8. The minimum absolute atomic E-state index is 0.00977. The molecule has 1 heterocycles. The minimum atomic E-state index is -3.98. The van der Waals surface area contributed by atoms with Gasteiger partial charge >= 0.3 is 0 Å². The predicted octanol–water partition coefficient (Wildman–Crippen LogP) is 4.89. The highest BCUT2D eigenvalue weighted by molar-refractivity contribution is 7.89. The fourth-order valence-electron chi connectivity index (χ4n) is 3.80. The molecule has 2 aromatic carbocycles. The van der Waals surface area contributed by atoms with E-state index in [9.17, 15) is 17.6 Å². The SMILES string of the molecule is COCCN(CC(=O)N(Cc1ccc(F)cc1)Cc1ccc(C)o1)S(=O)(=O)c1ccc(C(C)(C)C)cc1. The second kappa shape index (κ2) is 12.0. The van der Waals surface area contributed by atoms with E-state index in [1.54, 1.807) is 55.5 Å². The van der Waals surface area contributed by atoms with Gasteiger partial charge in [0.2, 0.25) is 15.9 Å². The van der Waals surface area contributed by atoms with Gasteiger partial charge in [0.1, 0.15) is 17.3 Å². The van der Waals surface area contributed by atoms with Crippen LogP contribution >= 0.6 is 0 Å². The molecule has 200 valence electrons. The Labute approximate surface area is 218 Å². The maximum Gasteiger partial charge on any atom is 0.243 e. The van der Waals surface area contributed by atoms with Crippen LogP contribution in [0.5, 0.6) is 0 Å².